The Hall–Kier alpha value is -1.60. The number of hydrogen-bond donors (Lipinski definition) is 1. The van der Waals surface area contributed by atoms with Gasteiger partial charge < -0.3 is 5.32 Å². The maximum Gasteiger partial charge on any atom is 0.0292 e. The van der Waals surface area contributed by atoms with Crippen LogP contribution in [0.3, 0.4) is 0 Å². The third kappa shape index (κ3) is 4.18. The fraction of sp³-hybridized carbons (Fsp3) is 0.400. The molecule has 1 unspecified atom stereocenters. The van der Waals surface area contributed by atoms with E-state index in [0.717, 1.165) is 6.54 Å². The van der Waals surface area contributed by atoms with Crippen molar-refractivity contribution in [2.45, 2.75) is 46.1 Å². The number of hydrogen-bond acceptors (Lipinski definition) is 1. The smallest absolute Gasteiger partial charge is 0.0292 e. The van der Waals surface area contributed by atoms with Crippen molar-refractivity contribution in [3.05, 3.63) is 70.8 Å². The first-order valence-electron chi connectivity index (χ1n) is 7.75. The molecule has 0 heterocycles. The van der Waals surface area contributed by atoms with Gasteiger partial charge in [0.05, 0.1) is 0 Å². The quantitative estimate of drug-likeness (QED) is 0.819. The van der Waals surface area contributed by atoms with Crippen LogP contribution in [0.2, 0.25) is 0 Å². The number of nitrogens with one attached hydrogen (secondary N) is 1. The van der Waals surface area contributed by atoms with Crippen LogP contribution in [0.25, 0.3) is 0 Å². The molecule has 0 spiro atoms. The first kappa shape index (κ1) is 15.8. The molecule has 0 radical (unpaired) electrons. The molecule has 1 N–H and O–H groups in total. The predicted octanol–water partition coefficient (Wildman–Crippen LogP) is 4.93. The molecule has 2 aromatic carbocycles. The van der Waals surface area contributed by atoms with Crippen molar-refractivity contribution in [2.24, 2.45) is 0 Å². The molecule has 0 aromatic heterocycles. The van der Waals surface area contributed by atoms with Crippen molar-refractivity contribution in [1.82, 2.24) is 5.32 Å². The van der Waals surface area contributed by atoms with E-state index in [0.29, 0.717) is 6.04 Å². The number of aryl methyl sites for hydroxylation is 2. The van der Waals surface area contributed by atoms with E-state index in [-0.39, 0.29) is 5.41 Å². The van der Waals surface area contributed by atoms with Crippen LogP contribution in [-0.4, -0.2) is 6.54 Å². The van der Waals surface area contributed by atoms with E-state index in [9.17, 15) is 0 Å². The second-order valence-electron chi connectivity index (χ2n) is 6.77. The van der Waals surface area contributed by atoms with E-state index < -0.39 is 0 Å². The molecule has 1 atom stereocenters. The molecule has 0 aliphatic heterocycles. The summed E-state index contributed by atoms with van der Waals surface area (Å²) in [5.41, 5.74) is 5.55. The highest BCUT2D eigenvalue weighted by Crippen LogP contribution is 2.24. The summed E-state index contributed by atoms with van der Waals surface area (Å²) in [5, 5.41) is 3.69. The highest BCUT2D eigenvalue weighted by Gasteiger charge is 2.21. The van der Waals surface area contributed by atoms with E-state index in [1.165, 1.54) is 22.3 Å². The molecule has 2 rings (SSSR count). The van der Waals surface area contributed by atoms with Crippen LogP contribution >= 0.6 is 0 Å². The molecule has 21 heavy (non-hydrogen) atoms. The number of rotatable bonds is 5. The van der Waals surface area contributed by atoms with Gasteiger partial charge in [-0.1, -0.05) is 73.5 Å². The molecule has 1 heteroatoms. The lowest BCUT2D eigenvalue weighted by atomic mass is 9.84. The topological polar surface area (TPSA) is 12.0 Å². The normalized spacial score (nSPS) is 13.2. The zero-order valence-corrected chi connectivity index (χ0v) is 13.9. The van der Waals surface area contributed by atoms with Crippen molar-refractivity contribution in [2.75, 3.05) is 6.54 Å². The Balaban J connectivity index is 2.05. The maximum absolute atomic E-state index is 3.69. The van der Waals surface area contributed by atoms with Crippen molar-refractivity contribution < 1.29 is 0 Å². The minimum atomic E-state index is 0.133. The van der Waals surface area contributed by atoms with E-state index in [4.69, 9.17) is 0 Å². The van der Waals surface area contributed by atoms with E-state index in [1.807, 2.05) is 0 Å². The summed E-state index contributed by atoms with van der Waals surface area (Å²) >= 11 is 0. The van der Waals surface area contributed by atoms with Crippen LogP contribution in [0.15, 0.2) is 48.5 Å². The van der Waals surface area contributed by atoms with Gasteiger partial charge in [0.15, 0.2) is 0 Å². The van der Waals surface area contributed by atoms with Crippen LogP contribution in [0, 0.1) is 13.8 Å². The van der Waals surface area contributed by atoms with Gasteiger partial charge in [-0.25, -0.2) is 0 Å². The van der Waals surface area contributed by atoms with Gasteiger partial charge >= 0.3 is 0 Å². The van der Waals surface area contributed by atoms with Crippen LogP contribution in [0.5, 0.6) is 0 Å². The molecular weight excluding hydrogens is 254 g/mol. The molecule has 0 fully saturated rings. The average molecular weight is 281 g/mol. The van der Waals surface area contributed by atoms with Gasteiger partial charge in [-0.05, 0) is 31.9 Å². The van der Waals surface area contributed by atoms with E-state index >= 15 is 0 Å². The van der Waals surface area contributed by atoms with E-state index in [2.05, 4.69) is 88.5 Å². The maximum atomic E-state index is 3.69. The van der Waals surface area contributed by atoms with Crippen molar-refractivity contribution in [1.29, 1.82) is 0 Å². The van der Waals surface area contributed by atoms with Gasteiger partial charge in [0.2, 0.25) is 0 Å². The Morgan fingerprint density at radius 3 is 2.10 bits per heavy atom. The van der Waals surface area contributed by atoms with Crippen molar-refractivity contribution in [3.8, 4) is 0 Å². The second-order valence-corrected chi connectivity index (χ2v) is 6.77. The average Bonchev–Trinajstić information content (AvgIpc) is 2.45. The zero-order valence-electron chi connectivity index (χ0n) is 13.9. The standard InChI is InChI=1S/C20H27N/c1-15-11-16(2)13-18(12-15)17(3)21-14-20(4,5)19-9-7-6-8-10-19/h6-13,17,21H,14H2,1-5H3. The van der Waals surface area contributed by atoms with Gasteiger partial charge in [-0.2, -0.15) is 0 Å². The van der Waals surface area contributed by atoms with Gasteiger partial charge in [0.1, 0.15) is 0 Å². The lowest BCUT2D eigenvalue weighted by molar-refractivity contribution is 0.435. The summed E-state index contributed by atoms with van der Waals surface area (Å²) in [6, 6.07) is 17.9. The summed E-state index contributed by atoms with van der Waals surface area (Å²) in [4.78, 5) is 0. The molecule has 0 bridgehead atoms. The van der Waals surface area contributed by atoms with Gasteiger partial charge in [0, 0.05) is 18.0 Å². The summed E-state index contributed by atoms with van der Waals surface area (Å²) < 4.78 is 0. The SMILES string of the molecule is Cc1cc(C)cc(C(C)NCC(C)(C)c2ccccc2)c1. The first-order chi connectivity index (χ1) is 9.88. The summed E-state index contributed by atoms with van der Waals surface area (Å²) in [7, 11) is 0. The molecule has 1 nitrogen and oxygen atoms in total. The Kier molecular flexibility index (Phi) is 4.84. The summed E-state index contributed by atoms with van der Waals surface area (Å²) in [6.45, 7) is 12.1. The van der Waals surface area contributed by atoms with Crippen LogP contribution in [0.4, 0.5) is 0 Å². The fourth-order valence-electron chi connectivity index (χ4n) is 2.78. The lowest BCUT2D eigenvalue weighted by Gasteiger charge is -2.28. The molecule has 112 valence electrons. The monoisotopic (exact) mass is 281 g/mol. The molecule has 2 aromatic rings. The lowest BCUT2D eigenvalue weighted by Crippen LogP contribution is -2.34. The van der Waals surface area contributed by atoms with Gasteiger partial charge in [0.25, 0.3) is 0 Å². The molecule has 0 aliphatic carbocycles. The third-order valence-electron chi connectivity index (χ3n) is 4.15. The van der Waals surface area contributed by atoms with Crippen molar-refractivity contribution in [3.63, 3.8) is 0 Å². The number of benzene rings is 2. The Bertz CT molecular complexity index is 564. The Morgan fingerprint density at radius 2 is 1.52 bits per heavy atom. The largest absolute Gasteiger partial charge is 0.309 e. The van der Waals surface area contributed by atoms with Gasteiger partial charge in [-0.15, -0.1) is 0 Å². The highest BCUT2D eigenvalue weighted by molar-refractivity contribution is 5.30. The Labute approximate surface area is 129 Å². The van der Waals surface area contributed by atoms with Crippen molar-refractivity contribution >= 4 is 0 Å². The van der Waals surface area contributed by atoms with Gasteiger partial charge in [-0.3, -0.25) is 0 Å². The zero-order chi connectivity index (χ0) is 15.5. The molecule has 0 saturated heterocycles. The molecular formula is C20H27N. The van der Waals surface area contributed by atoms with E-state index in [1.54, 1.807) is 0 Å². The minimum absolute atomic E-state index is 0.133. The van der Waals surface area contributed by atoms with Crippen LogP contribution < -0.4 is 5.32 Å². The fourth-order valence-corrected chi connectivity index (χ4v) is 2.78. The Morgan fingerprint density at radius 1 is 0.952 bits per heavy atom. The minimum Gasteiger partial charge on any atom is -0.309 e. The summed E-state index contributed by atoms with van der Waals surface area (Å²) in [5.74, 6) is 0. The first-order valence-corrected chi connectivity index (χ1v) is 7.75. The summed E-state index contributed by atoms with van der Waals surface area (Å²) in [6.07, 6.45) is 0. The molecule has 0 aliphatic rings. The molecule has 0 amide bonds. The van der Waals surface area contributed by atoms with Crippen LogP contribution in [0.1, 0.15) is 49.1 Å². The highest BCUT2D eigenvalue weighted by atomic mass is 14.9. The predicted molar refractivity (Wildman–Crippen MR) is 91.8 cm³/mol. The second kappa shape index (κ2) is 6.44. The van der Waals surface area contributed by atoms with Crippen LogP contribution in [-0.2, 0) is 5.41 Å². The molecule has 0 saturated carbocycles. The third-order valence-corrected chi connectivity index (χ3v) is 4.15.